The molecule has 0 aliphatic heterocycles. The highest BCUT2D eigenvalue weighted by molar-refractivity contribution is 9.10. The van der Waals surface area contributed by atoms with Crippen molar-refractivity contribution in [2.24, 2.45) is 0 Å². The highest BCUT2D eigenvalue weighted by atomic mass is 79.9. The molecular formula is C18H13BrFN3O2. The molecule has 1 fully saturated rings. The maximum Gasteiger partial charge on any atom is 0.270 e. The van der Waals surface area contributed by atoms with Crippen LogP contribution in [0.1, 0.15) is 28.3 Å². The number of carbonyl (C=O) groups excluding carboxylic acids is 1. The lowest BCUT2D eigenvalue weighted by atomic mass is 10.1. The summed E-state index contributed by atoms with van der Waals surface area (Å²) in [6, 6.07) is 9.71. The van der Waals surface area contributed by atoms with Gasteiger partial charge in [0, 0.05) is 28.8 Å². The Bertz CT molecular complexity index is 1050. The van der Waals surface area contributed by atoms with Crippen molar-refractivity contribution in [3.8, 4) is 0 Å². The monoisotopic (exact) mass is 401 g/mol. The summed E-state index contributed by atoms with van der Waals surface area (Å²) in [6.07, 6.45) is 3.59. The van der Waals surface area contributed by atoms with Gasteiger partial charge in [0.05, 0.1) is 0 Å². The Morgan fingerprint density at radius 2 is 2.16 bits per heavy atom. The Morgan fingerprint density at radius 3 is 2.96 bits per heavy atom. The zero-order valence-electron chi connectivity index (χ0n) is 12.9. The van der Waals surface area contributed by atoms with Crippen LogP contribution in [-0.2, 0) is 0 Å². The normalized spacial score (nSPS) is 19.0. The lowest BCUT2D eigenvalue weighted by molar-refractivity contribution is 0.0948. The summed E-state index contributed by atoms with van der Waals surface area (Å²) in [6.45, 7) is 0. The maximum absolute atomic E-state index is 13.3. The predicted octanol–water partition coefficient (Wildman–Crippen LogP) is 2.88. The number of pyridine rings is 1. The number of amides is 1. The second-order valence-corrected chi connectivity index (χ2v) is 6.95. The van der Waals surface area contributed by atoms with Crippen LogP contribution in [0.2, 0.25) is 0 Å². The molecule has 0 unspecified atom stereocenters. The van der Waals surface area contributed by atoms with E-state index in [1.165, 1.54) is 22.7 Å². The first-order valence-electron chi connectivity index (χ1n) is 7.76. The lowest BCUT2D eigenvalue weighted by Crippen LogP contribution is -2.33. The fraction of sp³-hybridized carbons (Fsp3) is 0.167. The number of halogens is 2. The van der Waals surface area contributed by atoms with Gasteiger partial charge in [0.25, 0.3) is 11.5 Å². The molecule has 5 nitrogen and oxygen atoms in total. The van der Waals surface area contributed by atoms with Crippen LogP contribution in [0.5, 0.6) is 0 Å². The molecule has 1 aromatic carbocycles. The molecule has 3 aromatic rings. The third kappa shape index (κ3) is 3.07. The summed E-state index contributed by atoms with van der Waals surface area (Å²) >= 11 is 3.30. The lowest BCUT2D eigenvalue weighted by Gasteiger charge is -2.06. The summed E-state index contributed by atoms with van der Waals surface area (Å²) in [4.78, 5) is 29.1. The van der Waals surface area contributed by atoms with E-state index >= 15 is 0 Å². The van der Waals surface area contributed by atoms with Crippen molar-refractivity contribution >= 4 is 27.5 Å². The Kier molecular flexibility index (Phi) is 3.88. The number of nitrogens with zero attached hydrogens (tertiary/aromatic N) is 2. The van der Waals surface area contributed by atoms with Gasteiger partial charge in [-0.05, 0) is 52.2 Å². The molecule has 0 radical (unpaired) electrons. The van der Waals surface area contributed by atoms with Crippen LogP contribution in [0.25, 0.3) is 5.65 Å². The Morgan fingerprint density at radius 1 is 1.32 bits per heavy atom. The third-order valence-corrected chi connectivity index (χ3v) is 4.76. The van der Waals surface area contributed by atoms with E-state index in [1.54, 1.807) is 24.4 Å². The quantitative estimate of drug-likeness (QED) is 0.733. The van der Waals surface area contributed by atoms with Gasteiger partial charge in [-0.3, -0.25) is 14.0 Å². The van der Waals surface area contributed by atoms with Gasteiger partial charge in [0.1, 0.15) is 17.0 Å². The van der Waals surface area contributed by atoms with Crippen molar-refractivity contribution < 1.29 is 9.18 Å². The molecule has 1 N–H and O–H groups in total. The van der Waals surface area contributed by atoms with Gasteiger partial charge in [-0.25, -0.2) is 9.37 Å². The number of nitrogens with one attached hydrogen (secondary N) is 1. The van der Waals surface area contributed by atoms with E-state index in [0.29, 0.717) is 5.65 Å². The van der Waals surface area contributed by atoms with E-state index in [2.05, 4.69) is 26.2 Å². The fourth-order valence-corrected chi connectivity index (χ4v) is 3.25. The Labute approximate surface area is 150 Å². The van der Waals surface area contributed by atoms with E-state index in [0.717, 1.165) is 16.5 Å². The minimum Gasteiger partial charge on any atom is -0.348 e. The van der Waals surface area contributed by atoms with E-state index < -0.39 is 11.5 Å². The average molecular weight is 402 g/mol. The smallest absolute Gasteiger partial charge is 0.270 e. The number of fused-ring (bicyclic) bond motifs is 1. The number of rotatable bonds is 3. The Hall–Kier alpha value is -2.54. The van der Waals surface area contributed by atoms with Crippen LogP contribution >= 0.6 is 15.9 Å². The zero-order chi connectivity index (χ0) is 17.6. The van der Waals surface area contributed by atoms with Crippen molar-refractivity contribution in [3.05, 3.63) is 80.6 Å². The molecular weight excluding hydrogens is 389 g/mol. The number of hydrogen-bond donors (Lipinski definition) is 1. The van der Waals surface area contributed by atoms with Crippen molar-refractivity contribution in [1.82, 2.24) is 14.7 Å². The van der Waals surface area contributed by atoms with Gasteiger partial charge in [0.15, 0.2) is 0 Å². The molecule has 126 valence electrons. The van der Waals surface area contributed by atoms with E-state index in [-0.39, 0.29) is 23.3 Å². The minimum absolute atomic E-state index is 0.0134. The molecule has 25 heavy (non-hydrogen) atoms. The highest BCUT2D eigenvalue weighted by Gasteiger charge is 2.40. The van der Waals surface area contributed by atoms with Crippen LogP contribution in [0.3, 0.4) is 0 Å². The summed E-state index contributed by atoms with van der Waals surface area (Å²) < 4.78 is 15.3. The molecule has 0 spiro atoms. The van der Waals surface area contributed by atoms with Crippen LogP contribution in [0.4, 0.5) is 4.39 Å². The van der Waals surface area contributed by atoms with Crippen LogP contribution in [0.15, 0.2) is 58.1 Å². The molecule has 1 aliphatic rings. The van der Waals surface area contributed by atoms with Gasteiger partial charge in [-0.15, -0.1) is 0 Å². The molecule has 1 saturated carbocycles. The second kappa shape index (κ2) is 6.07. The molecule has 1 aliphatic carbocycles. The average Bonchev–Trinajstić information content (AvgIpc) is 3.35. The molecule has 7 heteroatoms. The molecule has 2 heterocycles. The van der Waals surface area contributed by atoms with Crippen molar-refractivity contribution in [2.45, 2.75) is 18.4 Å². The van der Waals surface area contributed by atoms with Gasteiger partial charge in [-0.1, -0.05) is 12.1 Å². The number of aromatic nitrogens is 2. The topological polar surface area (TPSA) is 63.5 Å². The zero-order valence-corrected chi connectivity index (χ0v) is 14.5. The van der Waals surface area contributed by atoms with E-state index in [9.17, 15) is 14.0 Å². The summed E-state index contributed by atoms with van der Waals surface area (Å²) in [7, 11) is 0. The van der Waals surface area contributed by atoms with E-state index in [4.69, 9.17) is 0 Å². The second-order valence-electron chi connectivity index (χ2n) is 6.03. The molecule has 4 rings (SSSR count). The summed E-state index contributed by atoms with van der Waals surface area (Å²) in [5, 5.41) is 2.83. The third-order valence-electron chi connectivity index (χ3n) is 4.29. The van der Waals surface area contributed by atoms with Crippen LogP contribution in [0, 0.1) is 5.82 Å². The first kappa shape index (κ1) is 16.0. The first-order chi connectivity index (χ1) is 12.0. The highest BCUT2D eigenvalue weighted by Crippen LogP contribution is 2.40. The molecule has 2 atom stereocenters. The number of benzene rings is 1. The molecule has 2 aromatic heterocycles. The SMILES string of the molecule is O=C(N[C@@H]1C[C@H]1c1cccc(F)c1)c1cnc2ccc(Br)cn2c1=O. The molecule has 0 bridgehead atoms. The standard InChI is InChI=1S/C18H13BrFN3O2/c19-11-4-5-16-21-8-14(18(25)23(16)9-11)17(24)22-15-7-13(15)10-2-1-3-12(20)6-10/h1-6,8-9,13,15H,7H2,(H,22,24)/t13-,15+/m0/s1. The molecule has 0 saturated heterocycles. The van der Waals surface area contributed by atoms with Gasteiger partial charge >= 0.3 is 0 Å². The van der Waals surface area contributed by atoms with Crippen LogP contribution < -0.4 is 10.9 Å². The van der Waals surface area contributed by atoms with Gasteiger partial charge in [-0.2, -0.15) is 0 Å². The van der Waals surface area contributed by atoms with Crippen LogP contribution in [-0.4, -0.2) is 21.3 Å². The summed E-state index contributed by atoms with van der Waals surface area (Å²) in [5.41, 5.74) is 0.878. The predicted molar refractivity (Wildman–Crippen MR) is 94.2 cm³/mol. The Balaban J connectivity index is 1.55. The van der Waals surface area contributed by atoms with Gasteiger partial charge in [0.2, 0.25) is 0 Å². The maximum atomic E-state index is 13.3. The number of hydrogen-bond acceptors (Lipinski definition) is 3. The largest absolute Gasteiger partial charge is 0.348 e. The van der Waals surface area contributed by atoms with E-state index in [1.807, 2.05) is 6.07 Å². The summed E-state index contributed by atoms with van der Waals surface area (Å²) in [5.74, 6) is -0.683. The first-order valence-corrected chi connectivity index (χ1v) is 8.55. The van der Waals surface area contributed by atoms with Crippen molar-refractivity contribution in [1.29, 1.82) is 0 Å². The number of carbonyl (C=O) groups is 1. The van der Waals surface area contributed by atoms with Crippen molar-refractivity contribution in [3.63, 3.8) is 0 Å². The molecule has 1 amide bonds. The minimum atomic E-state index is -0.462. The van der Waals surface area contributed by atoms with Crippen molar-refractivity contribution in [2.75, 3.05) is 0 Å². The fourth-order valence-electron chi connectivity index (χ4n) is 2.91. The van der Waals surface area contributed by atoms with Gasteiger partial charge < -0.3 is 5.32 Å².